The van der Waals surface area contributed by atoms with E-state index in [1.165, 1.54) is 37.4 Å². The normalized spacial score (nSPS) is 15.7. The summed E-state index contributed by atoms with van der Waals surface area (Å²) < 4.78 is 19.4. The van der Waals surface area contributed by atoms with Gasteiger partial charge in [0.05, 0.1) is 18.7 Å². The van der Waals surface area contributed by atoms with Gasteiger partial charge in [0.15, 0.2) is 17.3 Å². The van der Waals surface area contributed by atoms with Crippen LogP contribution in [0, 0.1) is 11.2 Å². The summed E-state index contributed by atoms with van der Waals surface area (Å²) >= 11 is 0. The Balaban J connectivity index is 1.92. The molecule has 0 radical (unpaired) electrons. The highest BCUT2D eigenvalue weighted by Crippen LogP contribution is 2.30. The summed E-state index contributed by atoms with van der Waals surface area (Å²) in [5.41, 5.74) is 4.88. The van der Waals surface area contributed by atoms with Gasteiger partial charge in [-0.2, -0.15) is 0 Å². The third-order valence-corrected chi connectivity index (χ3v) is 5.34. The third kappa shape index (κ3) is 4.60. The summed E-state index contributed by atoms with van der Waals surface area (Å²) in [5.74, 6) is -3.86. The quantitative estimate of drug-likeness (QED) is 0.282. The number of aromatic hydroxyl groups is 1. The second kappa shape index (κ2) is 10.0. The number of ether oxygens (including phenoxy) is 1. The number of phenolic OH excluding ortho intramolecular Hbond substituents is 1. The maximum Gasteiger partial charge on any atom is 0.264 e. The van der Waals surface area contributed by atoms with Gasteiger partial charge in [-0.15, -0.1) is 0 Å². The largest absolute Gasteiger partial charge is 0.507 e. The van der Waals surface area contributed by atoms with Crippen molar-refractivity contribution in [3.8, 4) is 11.5 Å². The minimum Gasteiger partial charge on any atom is -0.507 e. The second-order valence-electron chi connectivity index (χ2n) is 7.28. The lowest BCUT2D eigenvalue weighted by atomic mass is 9.99. The van der Waals surface area contributed by atoms with Crippen LogP contribution < -0.4 is 15.8 Å². The Labute approximate surface area is 189 Å². The van der Waals surface area contributed by atoms with Crippen molar-refractivity contribution in [2.75, 3.05) is 20.2 Å². The van der Waals surface area contributed by atoms with Gasteiger partial charge in [0.2, 0.25) is 0 Å². The van der Waals surface area contributed by atoms with Crippen LogP contribution in [0.1, 0.15) is 32.7 Å². The smallest absolute Gasteiger partial charge is 0.264 e. The van der Waals surface area contributed by atoms with Crippen molar-refractivity contribution in [1.29, 1.82) is 5.41 Å². The number of hydrogen-bond acceptors (Lipinski definition) is 8. The first kappa shape index (κ1) is 23.6. The molecule has 1 unspecified atom stereocenters. The Morgan fingerprint density at radius 2 is 1.88 bits per heavy atom. The number of imide groups is 1. The maximum atomic E-state index is 14.5. The summed E-state index contributed by atoms with van der Waals surface area (Å²) in [5, 5.41) is 20.4. The minimum atomic E-state index is -0.999. The topological polar surface area (TPSA) is 146 Å². The van der Waals surface area contributed by atoms with Crippen LogP contribution in [0.4, 0.5) is 4.39 Å². The van der Waals surface area contributed by atoms with Crippen molar-refractivity contribution in [2.45, 2.75) is 12.5 Å². The lowest BCUT2D eigenvalue weighted by Crippen LogP contribution is -2.46. The summed E-state index contributed by atoms with van der Waals surface area (Å²) in [7, 11) is 1.24. The molecule has 0 aliphatic carbocycles. The van der Waals surface area contributed by atoms with Crippen LogP contribution in [0.5, 0.6) is 11.5 Å². The van der Waals surface area contributed by atoms with Crippen LogP contribution in [0.25, 0.3) is 0 Å². The molecule has 0 bridgehead atoms. The lowest BCUT2D eigenvalue weighted by molar-refractivity contribution is -0.125. The predicted octanol–water partition coefficient (Wildman–Crippen LogP) is 1.59. The number of halogens is 1. The van der Waals surface area contributed by atoms with Crippen molar-refractivity contribution >= 4 is 23.8 Å². The molecule has 0 aromatic heterocycles. The number of carbonyl (C=O) groups excluding carboxylic acids is 3. The number of benzene rings is 2. The van der Waals surface area contributed by atoms with Crippen LogP contribution >= 0.6 is 0 Å². The third-order valence-electron chi connectivity index (χ3n) is 5.34. The molecule has 2 aromatic carbocycles. The van der Waals surface area contributed by atoms with Crippen molar-refractivity contribution in [3.63, 3.8) is 0 Å². The zero-order valence-corrected chi connectivity index (χ0v) is 17.8. The molecule has 2 amide bonds. The zero-order chi connectivity index (χ0) is 24.1. The highest BCUT2D eigenvalue weighted by molar-refractivity contribution is 6.19. The molecule has 5 N–H and O–H groups in total. The van der Waals surface area contributed by atoms with Gasteiger partial charge < -0.3 is 26.3 Å². The number of phenols is 1. The number of nitrogens with two attached hydrogens (primary N) is 1. The maximum absolute atomic E-state index is 14.5. The first-order valence-corrected chi connectivity index (χ1v) is 10.0. The number of hydrogen-bond donors (Lipinski definition) is 4. The van der Waals surface area contributed by atoms with E-state index in [2.05, 4.69) is 5.32 Å². The van der Waals surface area contributed by atoms with Gasteiger partial charge in [0.1, 0.15) is 11.3 Å². The molecule has 9 nitrogen and oxygen atoms in total. The molecule has 0 spiro atoms. The Morgan fingerprint density at radius 3 is 2.42 bits per heavy atom. The molecule has 33 heavy (non-hydrogen) atoms. The Morgan fingerprint density at radius 1 is 1.21 bits per heavy atom. The van der Waals surface area contributed by atoms with E-state index in [0.717, 1.165) is 23.4 Å². The van der Waals surface area contributed by atoms with E-state index in [1.807, 2.05) is 0 Å². The zero-order valence-electron chi connectivity index (χ0n) is 17.8. The predicted molar refractivity (Wildman–Crippen MR) is 118 cm³/mol. The fraction of sp³-hybridized carbons (Fsp3) is 0.217. The van der Waals surface area contributed by atoms with Crippen LogP contribution in [-0.2, 0) is 4.79 Å². The van der Waals surface area contributed by atoms with Gasteiger partial charge in [-0.1, -0.05) is 12.1 Å². The average molecular weight is 454 g/mol. The van der Waals surface area contributed by atoms with Crippen molar-refractivity contribution in [1.82, 2.24) is 10.2 Å². The lowest BCUT2D eigenvalue weighted by Gasteiger charge is -2.27. The van der Waals surface area contributed by atoms with Crippen LogP contribution in [0.2, 0.25) is 0 Å². The highest BCUT2D eigenvalue weighted by atomic mass is 19.1. The fourth-order valence-corrected chi connectivity index (χ4v) is 3.57. The number of nitrogens with one attached hydrogen (secondary N) is 2. The molecule has 1 aliphatic heterocycles. The van der Waals surface area contributed by atoms with E-state index in [-0.39, 0.29) is 22.4 Å². The van der Waals surface area contributed by atoms with Crippen molar-refractivity contribution in [2.24, 2.45) is 5.73 Å². The molecule has 1 heterocycles. The number of rotatable bonds is 7. The van der Waals surface area contributed by atoms with E-state index in [9.17, 15) is 23.9 Å². The van der Waals surface area contributed by atoms with Crippen molar-refractivity contribution < 1.29 is 28.6 Å². The van der Waals surface area contributed by atoms with Crippen LogP contribution in [0.15, 0.2) is 48.2 Å². The number of nitrogens with zero attached hydrogens (tertiary/aromatic N) is 1. The van der Waals surface area contributed by atoms with E-state index in [4.69, 9.17) is 15.9 Å². The molecular weight excluding hydrogens is 431 g/mol. The monoisotopic (exact) mass is 454 g/mol. The molecule has 2 aromatic rings. The van der Waals surface area contributed by atoms with Gasteiger partial charge >= 0.3 is 0 Å². The van der Waals surface area contributed by atoms with Gasteiger partial charge in [-0.25, -0.2) is 4.39 Å². The van der Waals surface area contributed by atoms with E-state index < -0.39 is 40.8 Å². The van der Waals surface area contributed by atoms with Crippen LogP contribution in [0.3, 0.4) is 0 Å². The molecule has 0 saturated carbocycles. The molecule has 1 aliphatic rings. The molecule has 172 valence electrons. The standard InChI is InChI=1S/C23H23FN4O5/c1-33-18-7-6-17(29)19(20(18)24)21(30)13-2-4-14(5-3-13)22(31)28(16-8-9-27-12-16)23(32)15(10-25)11-26/h2-7,10-11,16,25,27,29H,8-9,12,26H2,1H3/b15-11+,25-10?. The Bertz CT molecular complexity index is 1120. The summed E-state index contributed by atoms with van der Waals surface area (Å²) in [6, 6.07) is 7.21. The minimum absolute atomic E-state index is 0.0245. The fourth-order valence-electron chi connectivity index (χ4n) is 3.57. The van der Waals surface area contributed by atoms with Gasteiger partial charge in [-0.05, 0) is 37.2 Å². The number of methoxy groups -OCH3 is 1. The van der Waals surface area contributed by atoms with Gasteiger partial charge in [-0.3, -0.25) is 19.3 Å². The summed E-state index contributed by atoms with van der Waals surface area (Å²) in [6.07, 6.45) is 2.29. The van der Waals surface area contributed by atoms with Gasteiger partial charge in [0, 0.05) is 30.1 Å². The molecular formula is C23H23FN4O5. The van der Waals surface area contributed by atoms with Gasteiger partial charge in [0.25, 0.3) is 11.8 Å². The molecule has 1 saturated heterocycles. The average Bonchev–Trinajstić information content (AvgIpc) is 3.34. The Hall–Kier alpha value is -4.05. The molecule has 1 fully saturated rings. The number of ketones is 1. The van der Waals surface area contributed by atoms with E-state index in [0.29, 0.717) is 19.5 Å². The summed E-state index contributed by atoms with van der Waals surface area (Å²) in [4.78, 5) is 39.9. The summed E-state index contributed by atoms with van der Waals surface area (Å²) in [6.45, 7) is 1.02. The highest BCUT2D eigenvalue weighted by Gasteiger charge is 2.34. The SMILES string of the molecule is COc1ccc(O)c(C(=O)c2ccc(C(=O)N(C(=O)/C(C=N)=C/N)C3CCNC3)cc2)c1F. The Kier molecular flexibility index (Phi) is 7.19. The molecule has 1 atom stereocenters. The number of carbonyl (C=O) groups is 3. The molecule has 10 heteroatoms. The molecule has 3 rings (SSSR count). The first-order valence-electron chi connectivity index (χ1n) is 10.0. The van der Waals surface area contributed by atoms with E-state index >= 15 is 0 Å². The number of amides is 2. The second-order valence-corrected chi connectivity index (χ2v) is 7.28. The first-order chi connectivity index (χ1) is 15.8. The van der Waals surface area contributed by atoms with Crippen LogP contribution in [-0.4, -0.2) is 60.1 Å². The van der Waals surface area contributed by atoms with Crippen molar-refractivity contribution in [3.05, 3.63) is 70.7 Å². The van der Waals surface area contributed by atoms with E-state index in [1.54, 1.807) is 0 Å².